The third kappa shape index (κ3) is 3.11. The number of rotatable bonds is 4. The maximum absolute atomic E-state index is 9.63. The summed E-state index contributed by atoms with van der Waals surface area (Å²) in [6.45, 7) is 0.632. The van der Waals surface area contributed by atoms with Gasteiger partial charge in [0.15, 0.2) is 0 Å². The molecule has 94 valence electrons. The second kappa shape index (κ2) is 5.69. The summed E-state index contributed by atoms with van der Waals surface area (Å²) in [5, 5.41) is 21.9. The van der Waals surface area contributed by atoms with Gasteiger partial charge in [-0.3, -0.25) is 0 Å². The Morgan fingerprint density at radius 1 is 1.06 bits per heavy atom. The normalized spacial score (nSPS) is 10.3. The van der Waals surface area contributed by atoms with E-state index in [2.05, 4.69) is 29.6 Å². The van der Waals surface area contributed by atoms with Gasteiger partial charge in [-0.2, -0.15) is 0 Å². The SMILES string of the molecule is CSc1ccc(CNc2ccc(O)cc2O)cc1. The minimum Gasteiger partial charge on any atom is -0.508 e. The highest BCUT2D eigenvalue weighted by Gasteiger charge is 2.01. The summed E-state index contributed by atoms with van der Waals surface area (Å²) in [6.07, 6.45) is 2.04. The van der Waals surface area contributed by atoms with E-state index < -0.39 is 0 Å². The first-order valence-corrected chi connectivity index (χ1v) is 6.80. The predicted molar refractivity (Wildman–Crippen MR) is 75.3 cm³/mol. The van der Waals surface area contributed by atoms with Crippen LogP contribution in [0.5, 0.6) is 11.5 Å². The number of benzene rings is 2. The molecule has 4 heteroatoms. The lowest BCUT2D eigenvalue weighted by molar-refractivity contribution is 0.452. The monoisotopic (exact) mass is 261 g/mol. The fourth-order valence-corrected chi connectivity index (χ4v) is 2.02. The molecule has 0 aromatic heterocycles. The van der Waals surface area contributed by atoms with Crippen molar-refractivity contribution in [2.45, 2.75) is 11.4 Å². The molecule has 18 heavy (non-hydrogen) atoms. The van der Waals surface area contributed by atoms with Crippen molar-refractivity contribution in [1.82, 2.24) is 0 Å². The molecule has 3 nitrogen and oxygen atoms in total. The fourth-order valence-electron chi connectivity index (χ4n) is 1.61. The van der Waals surface area contributed by atoms with Gasteiger partial charge in [-0.15, -0.1) is 11.8 Å². The summed E-state index contributed by atoms with van der Waals surface area (Å²) in [4.78, 5) is 1.23. The molecular weight excluding hydrogens is 246 g/mol. The Hall–Kier alpha value is -1.81. The van der Waals surface area contributed by atoms with E-state index in [0.29, 0.717) is 12.2 Å². The largest absolute Gasteiger partial charge is 0.508 e. The molecule has 0 bridgehead atoms. The van der Waals surface area contributed by atoms with Gasteiger partial charge in [-0.05, 0) is 36.1 Å². The van der Waals surface area contributed by atoms with Crippen LogP contribution in [0.3, 0.4) is 0 Å². The number of phenols is 2. The highest BCUT2D eigenvalue weighted by molar-refractivity contribution is 7.98. The molecule has 3 N–H and O–H groups in total. The third-order valence-electron chi connectivity index (χ3n) is 2.62. The van der Waals surface area contributed by atoms with Crippen LogP contribution in [0.15, 0.2) is 47.4 Å². The predicted octanol–water partition coefficient (Wildman–Crippen LogP) is 3.43. The van der Waals surface area contributed by atoms with Gasteiger partial charge in [-0.25, -0.2) is 0 Å². The quantitative estimate of drug-likeness (QED) is 0.448. The molecule has 2 aromatic carbocycles. The standard InChI is InChI=1S/C14H15NO2S/c1-18-12-5-2-10(3-6-12)9-15-13-7-4-11(16)8-14(13)17/h2-8,15-17H,9H2,1H3. The minimum absolute atomic E-state index is 0.0516. The topological polar surface area (TPSA) is 52.5 Å². The van der Waals surface area contributed by atoms with Crippen LogP contribution in [0, 0.1) is 0 Å². The van der Waals surface area contributed by atoms with Crippen LogP contribution in [0.25, 0.3) is 0 Å². The summed E-state index contributed by atoms with van der Waals surface area (Å²) in [5.74, 6) is 0.109. The zero-order valence-corrected chi connectivity index (χ0v) is 10.9. The Balaban J connectivity index is 2.02. The number of thioether (sulfide) groups is 1. The second-order valence-corrected chi connectivity index (χ2v) is 4.78. The molecule has 0 saturated heterocycles. The Kier molecular flexibility index (Phi) is 3.99. The average molecular weight is 261 g/mol. The molecule has 0 amide bonds. The van der Waals surface area contributed by atoms with E-state index in [1.807, 2.05) is 6.26 Å². The van der Waals surface area contributed by atoms with E-state index in [1.165, 1.54) is 11.0 Å². The molecule has 0 saturated carbocycles. The third-order valence-corrected chi connectivity index (χ3v) is 3.37. The zero-order valence-electron chi connectivity index (χ0n) is 10.1. The lowest BCUT2D eigenvalue weighted by atomic mass is 10.2. The summed E-state index contributed by atoms with van der Waals surface area (Å²) in [7, 11) is 0. The van der Waals surface area contributed by atoms with Crippen LogP contribution in [0.1, 0.15) is 5.56 Å². The van der Waals surface area contributed by atoms with Gasteiger partial charge >= 0.3 is 0 Å². The highest BCUT2D eigenvalue weighted by atomic mass is 32.2. The first-order chi connectivity index (χ1) is 8.69. The molecule has 2 aromatic rings. The molecule has 2 rings (SSSR count). The van der Waals surface area contributed by atoms with E-state index in [4.69, 9.17) is 0 Å². The van der Waals surface area contributed by atoms with Gasteiger partial charge in [0, 0.05) is 17.5 Å². The summed E-state index contributed by atoms with van der Waals surface area (Å²) < 4.78 is 0. The van der Waals surface area contributed by atoms with E-state index in [9.17, 15) is 10.2 Å². The smallest absolute Gasteiger partial charge is 0.142 e. The lowest BCUT2D eigenvalue weighted by Crippen LogP contribution is -1.99. The van der Waals surface area contributed by atoms with Crippen molar-refractivity contribution >= 4 is 17.4 Å². The first kappa shape index (κ1) is 12.6. The maximum Gasteiger partial charge on any atom is 0.142 e. The van der Waals surface area contributed by atoms with Gasteiger partial charge in [0.25, 0.3) is 0 Å². The molecule has 0 aliphatic carbocycles. The van der Waals surface area contributed by atoms with Crippen molar-refractivity contribution in [2.24, 2.45) is 0 Å². The van der Waals surface area contributed by atoms with Crippen LogP contribution >= 0.6 is 11.8 Å². The van der Waals surface area contributed by atoms with E-state index >= 15 is 0 Å². The van der Waals surface area contributed by atoms with Crippen molar-refractivity contribution in [3.05, 3.63) is 48.0 Å². The number of anilines is 1. The van der Waals surface area contributed by atoms with Crippen LogP contribution in [-0.4, -0.2) is 16.5 Å². The lowest BCUT2D eigenvalue weighted by Gasteiger charge is -2.09. The van der Waals surface area contributed by atoms with Crippen molar-refractivity contribution in [1.29, 1.82) is 0 Å². The molecule has 0 radical (unpaired) electrons. The molecule has 0 unspecified atom stereocenters. The number of aromatic hydroxyl groups is 2. The van der Waals surface area contributed by atoms with Crippen molar-refractivity contribution < 1.29 is 10.2 Å². The van der Waals surface area contributed by atoms with Crippen LogP contribution in [-0.2, 0) is 6.54 Å². The molecule has 0 heterocycles. The van der Waals surface area contributed by atoms with Gasteiger partial charge in [0.05, 0.1) is 5.69 Å². The molecule has 0 spiro atoms. The Bertz CT molecular complexity index is 526. The van der Waals surface area contributed by atoms with Gasteiger partial charge in [0.1, 0.15) is 11.5 Å². The van der Waals surface area contributed by atoms with Gasteiger partial charge < -0.3 is 15.5 Å². The van der Waals surface area contributed by atoms with Gasteiger partial charge in [0.2, 0.25) is 0 Å². The second-order valence-electron chi connectivity index (χ2n) is 3.90. The van der Waals surface area contributed by atoms with Crippen molar-refractivity contribution in [2.75, 3.05) is 11.6 Å². The molecule has 0 aliphatic heterocycles. The van der Waals surface area contributed by atoms with E-state index in [1.54, 1.807) is 23.9 Å². The van der Waals surface area contributed by atoms with Crippen LogP contribution in [0.4, 0.5) is 5.69 Å². The minimum atomic E-state index is 0.0516. The fraction of sp³-hybridized carbons (Fsp3) is 0.143. The van der Waals surface area contributed by atoms with Crippen LogP contribution in [0.2, 0.25) is 0 Å². The summed E-state index contributed by atoms with van der Waals surface area (Å²) >= 11 is 1.71. The van der Waals surface area contributed by atoms with Crippen molar-refractivity contribution in [3.63, 3.8) is 0 Å². The molecule has 0 fully saturated rings. The Morgan fingerprint density at radius 2 is 1.78 bits per heavy atom. The Labute approximate surface area is 110 Å². The number of hydrogen-bond donors (Lipinski definition) is 3. The highest BCUT2D eigenvalue weighted by Crippen LogP contribution is 2.27. The number of phenolic OH excluding ortho intramolecular Hbond substituents is 2. The number of hydrogen-bond acceptors (Lipinski definition) is 4. The molecular formula is C14H15NO2S. The van der Waals surface area contributed by atoms with Gasteiger partial charge in [-0.1, -0.05) is 12.1 Å². The first-order valence-electron chi connectivity index (χ1n) is 5.58. The van der Waals surface area contributed by atoms with E-state index in [0.717, 1.165) is 5.56 Å². The maximum atomic E-state index is 9.63. The van der Waals surface area contributed by atoms with E-state index in [-0.39, 0.29) is 11.5 Å². The summed E-state index contributed by atoms with van der Waals surface area (Å²) in [5.41, 5.74) is 1.75. The molecule has 0 aliphatic rings. The summed E-state index contributed by atoms with van der Waals surface area (Å²) in [6, 6.07) is 12.8. The number of nitrogens with one attached hydrogen (secondary N) is 1. The van der Waals surface area contributed by atoms with Crippen LogP contribution < -0.4 is 5.32 Å². The average Bonchev–Trinajstić information content (AvgIpc) is 2.38. The Morgan fingerprint density at radius 3 is 2.39 bits per heavy atom. The molecule has 0 atom stereocenters. The van der Waals surface area contributed by atoms with Crippen molar-refractivity contribution in [3.8, 4) is 11.5 Å². The zero-order chi connectivity index (χ0) is 13.0.